The summed E-state index contributed by atoms with van der Waals surface area (Å²) in [6.07, 6.45) is 1.54. The van der Waals surface area contributed by atoms with Crippen molar-refractivity contribution < 1.29 is 21.6 Å². The molecule has 1 unspecified atom stereocenters. The van der Waals surface area contributed by atoms with Crippen LogP contribution in [0.3, 0.4) is 0 Å². The molecule has 1 amide bonds. The highest BCUT2D eigenvalue weighted by Gasteiger charge is 2.35. The molecule has 1 fully saturated rings. The molecule has 3 aromatic carbocycles. The second-order valence-electron chi connectivity index (χ2n) is 9.39. The number of nitrogens with one attached hydrogen (secondary N) is 1. The van der Waals surface area contributed by atoms with E-state index in [9.17, 15) is 21.6 Å². The third-order valence-electron chi connectivity index (χ3n) is 6.87. The number of hydrogen-bond acceptors (Lipinski definition) is 5. The molecular weight excluding hydrogens is 605 g/mol. The van der Waals surface area contributed by atoms with Gasteiger partial charge in [-0.05, 0) is 79.4 Å². The molecule has 0 spiro atoms. The van der Waals surface area contributed by atoms with Crippen molar-refractivity contribution in [3.8, 4) is 0 Å². The molecule has 3 aromatic rings. The van der Waals surface area contributed by atoms with Crippen LogP contribution in [0.2, 0.25) is 15.1 Å². The third kappa shape index (κ3) is 5.64. The maximum atomic E-state index is 13.3. The highest BCUT2D eigenvalue weighted by molar-refractivity contribution is 7.92. The van der Waals surface area contributed by atoms with Gasteiger partial charge in [0.25, 0.3) is 10.0 Å². The number of sulfonamides is 2. The Morgan fingerprint density at radius 2 is 1.56 bits per heavy atom. The van der Waals surface area contributed by atoms with Gasteiger partial charge in [-0.3, -0.25) is 9.10 Å². The van der Waals surface area contributed by atoms with Crippen molar-refractivity contribution in [3.63, 3.8) is 0 Å². The molecule has 2 aliphatic heterocycles. The molecule has 5 rings (SSSR count). The zero-order valence-corrected chi connectivity index (χ0v) is 24.4. The molecule has 1 saturated heterocycles. The SMILES string of the molecule is O=C(Nc1ccc2c(c1)N(S(=O)(=O)c1ccc(Cl)cc1)CC2)C1CCCN(S(=O)(=O)c2cc(Cl)ccc2Cl)C1. The minimum Gasteiger partial charge on any atom is -0.326 e. The lowest BCUT2D eigenvalue weighted by atomic mass is 9.98. The van der Waals surface area contributed by atoms with Crippen LogP contribution in [-0.2, 0) is 31.3 Å². The van der Waals surface area contributed by atoms with Crippen molar-refractivity contribution in [1.29, 1.82) is 0 Å². The number of piperidine rings is 1. The molecule has 0 radical (unpaired) electrons. The molecule has 0 aromatic heterocycles. The Labute approximate surface area is 242 Å². The van der Waals surface area contributed by atoms with Gasteiger partial charge in [0.1, 0.15) is 4.90 Å². The Morgan fingerprint density at radius 1 is 0.846 bits per heavy atom. The number of amides is 1. The summed E-state index contributed by atoms with van der Waals surface area (Å²) in [6, 6.07) is 15.4. The zero-order chi connectivity index (χ0) is 27.9. The fraction of sp³-hybridized carbons (Fsp3) is 0.269. The van der Waals surface area contributed by atoms with E-state index in [2.05, 4.69) is 5.32 Å². The van der Waals surface area contributed by atoms with Gasteiger partial charge in [0.05, 0.1) is 21.5 Å². The van der Waals surface area contributed by atoms with Gasteiger partial charge >= 0.3 is 0 Å². The zero-order valence-electron chi connectivity index (χ0n) is 20.5. The Hall–Kier alpha value is -2.34. The number of benzene rings is 3. The average molecular weight is 629 g/mol. The molecule has 0 aliphatic carbocycles. The van der Waals surface area contributed by atoms with Crippen LogP contribution < -0.4 is 9.62 Å². The van der Waals surface area contributed by atoms with Crippen LogP contribution in [0.5, 0.6) is 0 Å². The Bertz CT molecular complexity index is 1650. The number of rotatable bonds is 6. The number of carbonyl (C=O) groups excluding carboxylic acids is 1. The van der Waals surface area contributed by atoms with Crippen molar-refractivity contribution in [2.45, 2.75) is 29.1 Å². The minimum absolute atomic E-state index is 0.0149. The molecule has 2 heterocycles. The number of hydrogen-bond donors (Lipinski definition) is 1. The maximum Gasteiger partial charge on any atom is 0.264 e. The van der Waals surface area contributed by atoms with Crippen molar-refractivity contribution in [2.24, 2.45) is 5.92 Å². The van der Waals surface area contributed by atoms with Crippen molar-refractivity contribution in [1.82, 2.24) is 4.31 Å². The fourth-order valence-corrected chi connectivity index (χ4v) is 8.73. The predicted molar refractivity (Wildman–Crippen MR) is 153 cm³/mol. The molecule has 1 N–H and O–H groups in total. The largest absolute Gasteiger partial charge is 0.326 e. The lowest BCUT2D eigenvalue weighted by molar-refractivity contribution is -0.120. The summed E-state index contributed by atoms with van der Waals surface area (Å²) in [5, 5.41) is 3.58. The molecule has 1 atom stereocenters. The van der Waals surface area contributed by atoms with Crippen LogP contribution in [0.1, 0.15) is 18.4 Å². The predicted octanol–water partition coefficient (Wildman–Crippen LogP) is 5.44. The molecule has 206 valence electrons. The first kappa shape index (κ1) is 28.2. The first-order valence-corrected chi connectivity index (χ1v) is 16.2. The minimum atomic E-state index is -3.96. The Kier molecular flexibility index (Phi) is 7.89. The van der Waals surface area contributed by atoms with Crippen molar-refractivity contribution in [3.05, 3.63) is 81.3 Å². The van der Waals surface area contributed by atoms with E-state index < -0.39 is 26.0 Å². The van der Waals surface area contributed by atoms with Gasteiger partial charge in [-0.1, -0.05) is 40.9 Å². The van der Waals surface area contributed by atoms with E-state index in [0.29, 0.717) is 35.7 Å². The standard InChI is InChI=1S/C26H24Cl3N3O5S2/c27-19-4-8-22(9-5-19)38(34,35)32-13-11-17-3-7-21(15-24(17)32)30-26(33)18-2-1-12-31(16-18)39(36,37)25-14-20(28)6-10-23(25)29/h3-10,14-15,18H,1-2,11-13,16H2,(H,30,33). The second-order valence-corrected chi connectivity index (χ2v) is 14.4. The van der Waals surface area contributed by atoms with E-state index in [0.717, 1.165) is 5.56 Å². The topological polar surface area (TPSA) is 104 Å². The Balaban J connectivity index is 1.33. The highest BCUT2D eigenvalue weighted by atomic mass is 35.5. The smallest absolute Gasteiger partial charge is 0.264 e. The van der Waals surface area contributed by atoms with Crippen molar-refractivity contribution in [2.75, 3.05) is 29.3 Å². The highest BCUT2D eigenvalue weighted by Crippen LogP contribution is 2.36. The number of carbonyl (C=O) groups is 1. The van der Waals surface area contributed by atoms with Gasteiger partial charge < -0.3 is 5.32 Å². The summed E-state index contributed by atoms with van der Waals surface area (Å²) in [5.41, 5.74) is 1.76. The van der Waals surface area contributed by atoms with Crippen LogP contribution in [0.15, 0.2) is 70.5 Å². The molecule has 2 aliphatic rings. The second kappa shape index (κ2) is 10.9. The summed E-state index contributed by atoms with van der Waals surface area (Å²) in [4.78, 5) is 13.2. The number of halogens is 3. The van der Waals surface area contributed by atoms with E-state index in [4.69, 9.17) is 34.8 Å². The van der Waals surface area contributed by atoms with Crippen LogP contribution in [0, 0.1) is 5.92 Å². The van der Waals surface area contributed by atoms with Gasteiger partial charge in [-0.2, -0.15) is 4.31 Å². The monoisotopic (exact) mass is 627 g/mol. The number of anilines is 2. The van der Waals surface area contributed by atoms with Gasteiger partial charge in [0, 0.05) is 35.4 Å². The average Bonchev–Trinajstić information content (AvgIpc) is 3.34. The fourth-order valence-electron chi connectivity index (χ4n) is 4.84. The molecular formula is C26H24Cl3N3O5S2. The van der Waals surface area contributed by atoms with E-state index in [1.54, 1.807) is 18.2 Å². The quantitative estimate of drug-likeness (QED) is 0.392. The van der Waals surface area contributed by atoms with Crippen molar-refractivity contribution >= 4 is 72.1 Å². The summed E-state index contributed by atoms with van der Waals surface area (Å²) in [7, 11) is -7.78. The molecule has 8 nitrogen and oxygen atoms in total. The maximum absolute atomic E-state index is 13.3. The van der Waals surface area contributed by atoms with Crippen LogP contribution in [0.4, 0.5) is 11.4 Å². The van der Waals surface area contributed by atoms with Crippen LogP contribution >= 0.6 is 34.8 Å². The first-order valence-electron chi connectivity index (χ1n) is 12.1. The summed E-state index contributed by atoms with van der Waals surface area (Å²) in [6.45, 7) is 0.517. The molecule has 0 saturated carbocycles. The third-order valence-corrected chi connectivity index (χ3v) is 11.5. The molecule has 13 heteroatoms. The first-order chi connectivity index (χ1) is 18.5. The normalized spacial score (nSPS) is 18.1. The van der Waals surface area contributed by atoms with E-state index >= 15 is 0 Å². The van der Waals surface area contributed by atoms with Gasteiger partial charge in [0.15, 0.2) is 0 Å². The summed E-state index contributed by atoms with van der Waals surface area (Å²) >= 11 is 18.1. The number of nitrogens with zero attached hydrogens (tertiary/aromatic N) is 2. The lowest BCUT2D eigenvalue weighted by Crippen LogP contribution is -2.43. The van der Waals surface area contributed by atoms with Gasteiger partial charge in [-0.15, -0.1) is 0 Å². The summed E-state index contributed by atoms with van der Waals surface area (Å²) < 4.78 is 55.7. The van der Waals surface area contributed by atoms with Gasteiger partial charge in [-0.25, -0.2) is 16.8 Å². The molecule has 39 heavy (non-hydrogen) atoms. The summed E-state index contributed by atoms with van der Waals surface area (Å²) in [5.74, 6) is -0.953. The lowest BCUT2D eigenvalue weighted by Gasteiger charge is -2.31. The van der Waals surface area contributed by atoms with E-state index in [-0.39, 0.29) is 45.4 Å². The molecule has 0 bridgehead atoms. The van der Waals surface area contributed by atoms with E-state index in [1.807, 2.05) is 0 Å². The number of fused-ring (bicyclic) bond motifs is 1. The van der Waals surface area contributed by atoms with E-state index in [1.165, 1.54) is 51.1 Å². The van der Waals surface area contributed by atoms with Crippen LogP contribution in [0.25, 0.3) is 0 Å². The van der Waals surface area contributed by atoms with Gasteiger partial charge in [0.2, 0.25) is 15.9 Å². The van der Waals surface area contributed by atoms with Crippen LogP contribution in [-0.4, -0.2) is 46.7 Å². The Morgan fingerprint density at radius 3 is 2.31 bits per heavy atom.